The lowest BCUT2D eigenvalue weighted by atomic mass is 10.1. The van der Waals surface area contributed by atoms with Crippen LogP contribution in [0, 0.1) is 26.1 Å². The van der Waals surface area contributed by atoms with Crippen molar-refractivity contribution >= 4 is 28.8 Å². The Kier molecular flexibility index (Phi) is 3.50. The highest BCUT2D eigenvalue weighted by atomic mass is 16.6. The minimum atomic E-state index is -0.521. The van der Waals surface area contributed by atoms with E-state index in [0.717, 1.165) is 11.8 Å². The SMILES string of the molecule is O=C[C@@H]1[C@H](c2ccc([N+](=O)[O-])cc2)[C@H]1c1nc2ccc([N+](=O)[O-])cc2o1. The number of nitrogens with zero attached hydrogens (tertiary/aromatic N) is 3. The van der Waals surface area contributed by atoms with Gasteiger partial charge in [0.1, 0.15) is 11.8 Å². The first kappa shape index (κ1) is 15.9. The number of carbonyl (C=O) groups is 1. The zero-order valence-corrected chi connectivity index (χ0v) is 13.1. The van der Waals surface area contributed by atoms with E-state index >= 15 is 0 Å². The van der Waals surface area contributed by atoms with Gasteiger partial charge >= 0.3 is 0 Å². The van der Waals surface area contributed by atoms with Crippen LogP contribution in [0.3, 0.4) is 0 Å². The van der Waals surface area contributed by atoms with E-state index in [-0.39, 0.29) is 34.7 Å². The topological polar surface area (TPSA) is 129 Å². The van der Waals surface area contributed by atoms with Gasteiger partial charge < -0.3 is 9.21 Å². The number of hydrogen-bond acceptors (Lipinski definition) is 7. The van der Waals surface area contributed by atoms with Gasteiger partial charge in [-0.05, 0) is 11.6 Å². The standard InChI is InChI=1S/C17H11N3O6/c21-8-12-15(9-1-3-10(4-2-9)19(22)23)16(12)17-18-13-6-5-11(20(24)25)7-14(13)26-17/h1-8,12,15-16H/t12-,15+,16+/m1/s1. The van der Waals surface area contributed by atoms with Crippen LogP contribution in [0.4, 0.5) is 11.4 Å². The Labute approximate surface area is 145 Å². The lowest BCUT2D eigenvalue weighted by Crippen LogP contribution is -1.89. The number of nitro benzene ring substituents is 2. The minimum absolute atomic E-state index is 0.0252. The fourth-order valence-corrected chi connectivity index (χ4v) is 3.26. The van der Waals surface area contributed by atoms with Crippen molar-refractivity contribution in [2.24, 2.45) is 5.92 Å². The monoisotopic (exact) mass is 353 g/mol. The molecule has 2 aromatic carbocycles. The highest BCUT2D eigenvalue weighted by Gasteiger charge is 2.54. The highest BCUT2D eigenvalue weighted by molar-refractivity contribution is 5.76. The van der Waals surface area contributed by atoms with Crippen molar-refractivity contribution in [3.63, 3.8) is 0 Å². The van der Waals surface area contributed by atoms with Gasteiger partial charge in [-0.25, -0.2) is 4.98 Å². The summed E-state index contributed by atoms with van der Waals surface area (Å²) in [5, 5.41) is 21.6. The van der Waals surface area contributed by atoms with E-state index in [1.54, 1.807) is 12.1 Å². The van der Waals surface area contributed by atoms with Crippen molar-refractivity contribution in [2.75, 3.05) is 0 Å². The molecule has 0 aliphatic heterocycles. The van der Waals surface area contributed by atoms with Crippen LogP contribution in [0.25, 0.3) is 11.1 Å². The van der Waals surface area contributed by atoms with Gasteiger partial charge in [-0.15, -0.1) is 0 Å². The molecular weight excluding hydrogens is 342 g/mol. The van der Waals surface area contributed by atoms with Gasteiger partial charge in [0.25, 0.3) is 11.4 Å². The van der Waals surface area contributed by atoms with Crippen molar-refractivity contribution in [1.29, 1.82) is 0 Å². The van der Waals surface area contributed by atoms with Crippen LogP contribution in [0.2, 0.25) is 0 Å². The van der Waals surface area contributed by atoms with Crippen molar-refractivity contribution in [1.82, 2.24) is 4.98 Å². The molecule has 130 valence electrons. The molecule has 1 fully saturated rings. The molecule has 0 bridgehead atoms. The maximum Gasteiger partial charge on any atom is 0.273 e. The maximum absolute atomic E-state index is 11.4. The molecule has 26 heavy (non-hydrogen) atoms. The molecule has 1 aromatic heterocycles. The molecule has 1 aliphatic rings. The van der Waals surface area contributed by atoms with Gasteiger partial charge in [0, 0.05) is 30.0 Å². The zero-order valence-electron chi connectivity index (χ0n) is 13.1. The van der Waals surface area contributed by atoms with E-state index in [1.807, 2.05) is 0 Å². The summed E-state index contributed by atoms with van der Waals surface area (Å²) >= 11 is 0. The van der Waals surface area contributed by atoms with E-state index in [9.17, 15) is 25.0 Å². The van der Waals surface area contributed by atoms with Gasteiger partial charge in [-0.2, -0.15) is 0 Å². The number of aromatic nitrogens is 1. The van der Waals surface area contributed by atoms with Crippen LogP contribution in [0.1, 0.15) is 23.3 Å². The zero-order chi connectivity index (χ0) is 18.4. The van der Waals surface area contributed by atoms with Gasteiger partial charge in [0.15, 0.2) is 11.5 Å². The lowest BCUT2D eigenvalue weighted by Gasteiger charge is -1.98. The summed E-state index contributed by atoms with van der Waals surface area (Å²) in [6.07, 6.45) is 0.814. The molecule has 1 aliphatic carbocycles. The smallest absolute Gasteiger partial charge is 0.273 e. The van der Waals surface area contributed by atoms with Crippen LogP contribution < -0.4 is 0 Å². The average molecular weight is 353 g/mol. The molecule has 1 saturated carbocycles. The summed E-state index contributed by atoms with van der Waals surface area (Å²) < 4.78 is 5.65. The summed E-state index contributed by atoms with van der Waals surface area (Å²) in [7, 11) is 0. The van der Waals surface area contributed by atoms with E-state index in [1.165, 1.54) is 30.3 Å². The van der Waals surface area contributed by atoms with Crippen molar-refractivity contribution in [2.45, 2.75) is 11.8 Å². The Balaban J connectivity index is 1.66. The first-order valence-electron chi connectivity index (χ1n) is 7.74. The van der Waals surface area contributed by atoms with Crippen molar-refractivity contribution < 1.29 is 19.1 Å². The lowest BCUT2D eigenvalue weighted by molar-refractivity contribution is -0.385. The van der Waals surface area contributed by atoms with E-state index in [2.05, 4.69) is 4.98 Å². The van der Waals surface area contributed by atoms with Crippen LogP contribution in [0.15, 0.2) is 46.9 Å². The number of benzene rings is 2. The summed E-state index contributed by atoms with van der Waals surface area (Å²) in [6, 6.07) is 10.2. The number of carbonyl (C=O) groups excluding carboxylic acids is 1. The Morgan fingerprint density at radius 1 is 0.962 bits per heavy atom. The molecule has 9 heteroatoms. The third-order valence-corrected chi connectivity index (χ3v) is 4.61. The second-order valence-corrected chi connectivity index (χ2v) is 6.07. The number of nitro groups is 2. The summed E-state index contributed by atoms with van der Waals surface area (Å²) in [6.45, 7) is 0. The second kappa shape index (κ2) is 5.73. The number of fused-ring (bicyclic) bond motifs is 1. The molecule has 0 spiro atoms. The van der Waals surface area contributed by atoms with E-state index in [0.29, 0.717) is 11.4 Å². The number of aldehydes is 1. The Morgan fingerprint density at radius 3 is 2.23 bits per heavy atom. The molecular formula is C17H11N3O6. The number of non-ortho nitro benzene ring substituents is 2. The first-order valence-corrected chi connectivity index (χ1v) is 7.74. The largest absolute Gasteiger partial charge is 0.440 e. The molecule has 0 radical (unpaired) electrons. The Bertz CT molecular complexity index is 1040. The number of oxazole rings is 1. The highest BCUT2D eigenvalue weighted by Crippen LogP contribution is 2.59. The predicted octanol–water partition coefficient (Wildman–Crippen LogP) is 3.34. The summed E-state index contributed by atoms with van der Waals surface area (Å²) in [5.41, 5.74) is 1.42. The fraction of sp³-hybridized carbons (Fsp3) is 0.176. The molecule has 0 amide bonds. The molecule has 9 nitrogen and oxygen atoms in total. The van der Waals surface area contributed by atoms with Gasteiger partial charge in [0.2, 0.25) is 0 Å². The molecule has 3 atom stereocenters. The molecule has 0 unspecified atom stereocenters. The number of hydrogen-bond donors (Lipinski definition) is 0. The summed E-state index contributed by atoms with van der Waals surface area (Å²) in [5.74, 6) is -0.489. The quantitative estimate of drug-likeness (QED) is 0.390. The fourth-order valence-electron chi connectivity index (χ4n) is 3.26. The minimum Gasteiger partial charge on any atom is -0.440 e. The van der Waals surface area contributed by atoms with Crippen LogP contribution in [0.5, 0.6) is 0 Å². The van der Waals surface area contributed by atoms with Crippen LogP contribution in [-0.2, 0) is 4.79 Å². The third kappa shape index (κ3) is 2.50. The molecule has 0 saturated heterocycles. The van der Waals surface area contributed by atoms with E-state index < -0.39 is 9.85 Å². The van der Waals surface area contributed by atoms with Crippen molar-refractivity contribution in [3.8, 4) is 0 Å². The maximum atomic E-state index is 11.4. The Hall–Kier alpha value is -3.62. The third-order valence-electron chi connectivity index (χ3n) is 4.61. The van der Waals surface area contributed by atoms with Gasteiger partial charge in [-0.1, -0.05) is 12.1 Å². The van der Waals surface area contributed by atoms with Crippen LogP contribution in [-0.4, -0.2) is 21.1 Å². The molecule has 1 heterocycles. The Morgan fingerprint density at radius 2 is 1.62 bits per heavy atom. The normalized spacial score (nSPS) is 21.5. The van der Waals surface area contributed by atoms with Crippen molar-refractivity contribution in [3.05, 3.63) is 74.1 Å². The average Bonchev–Trinajstić information content (AvgIpc) is 3.22. The van der Waals surface area contributed by atoms with Gasteiger partial charge in [0.05, 0.1) is 21.8 Å². The molecule has 0 N–H and O–H groups in total. The van der Waals surface area contributed by atoms with Crippen LogP contribution >= 0.6 is 0 Å². The second-order valence-electron chi connectivity index (χ2n) is 6.07. The van der Waals surface area contributed by atoms with Gasteiger partial charge in [-0.3, -0.25) is 20.2 Å². The number of rotatable bonds is 5. The summed E-state index contributed by atoms with van der Waals surface area (Å²) in [4.78, 5) is 36.3. The molecule has 4 rings (SSSR count). The van der Waals surface area contributed by atoms with E-state index in [4.69, 9.17) is 4.42 Å². The first-order chi connectivity index (χ1) is 12.5. The predicted molar refractivity (Wildman–Crippen MR) is 88.8 cm³/mol. The molecule has 3 aromatic rings.